The topological polar surface area (TPSA) is 116 Å². The highest BCUT2D eigenvalue weighted by molar-refractivity contribution is 5.96. The number of rotatable bonds is 3. The molecule has 3 aromatic heterocycles. The second kappa shape index (κ2) is 7.12. The Labute approximate surface area is 165 Å². The zero-order valence-electron chi connectivity index (χ0n) is 15.7. The minimum absolute atomic E-state index is 0.114. The summed E-state index contributed by atoms with van der Waals surface area (Å²) in [7, 11) is 0. The van der Waals surface area contributed by atoms with Gasteiger partial charge in [0, 0.05) is 23.5 Å². The number of carbonyl (C=O) groups is 1. The Kier molecular flexibility index (Phi) is 4.31. The Morgan fingerprint density at radius 2 is 1.86 bits per heavy atom. The molecule has 1 amide bonds. The van der Waals surface area contributed by atoms with Gasteiger partial charge < -0.3 is 10.3 Å². The van der Waals surface area contributed by atoms with Gasteiger partial charge >= 0.3 is 0 Å². The van der Waals surface area contributed by atoms with Crippen LogP contribution in [0.2, 0.25) is 0 Å². The lowest BCUT2D eigenvalue weighted by molar-refractivity contribution is 0.0925. The Morgan fingerprint density at radius 3 is 2.69 bits per heavy atom. The lowest BCUT2D eigenvalue weighted by Gasteiger charge is -2.29. The van der Waals surface area contributed by atoms with Gasteiger partial charge in [-0.25, -0.2) is 15.1 Å². The molecule has 1 fully saturated rings. The minimum Gasteiger partial charge on any atom is -0.349 e. The van der Waals surface area contributed by atoms with Crippen LogP contribution in [0.5, 0.6) is 0 Å². The molecule has 3 heterocycles. The number of hydrogen-bond donors (Lipinski definition) is 3. The molecule has 0 bridgehead atoms. The molecule has 0 spiro atoms. The van der Waals surface area contributed by atoms with Gasteiger partial charge in [0.05, 0.1) is 23.0 Å². The van der Waals surface area contributed by atoms with Gasteiger partial charge in [0.15, 0.2) is 5.65 Å². The molecule has 0 radical (unpaired) electrons. The number of pyridine rings is 1. The Morgan fingerprint density at radius 1 is 1.07 bits per heavy atom. The van der Waals surface area contributed by atoms with Crippen molar-refractivity contribution in [2.75, 3.05) is 0 Å². The highest BCUT2D eigenvalue weighted by Crippen LogP contribution is 2.34. The van der Waals surface area contributed by atoms with E-state index in [0.717, 1.165) is 36.8 Å². The largest absolute Gasteiger partial charge is 0.349 e. The average molecular weight is 388 g/mol. The molecule has 146 valence electrons. The quantitative estimate of drug-likeness (QED) is 0.499. The van der Waals surface area contributed by atoms with Crippen molar-refractivity contribution in [3.63, 3.8) is 0 Å². The van der Waals surface area contributed by atoms with Gasteiger partial charge in [0.25, 0.3) is 11.5 Å². The lowest BCUT2D eigenvalue weighted by atomic mass is 9.82. The summed E-state index contributed by atoms with van der Waals surface area (Å²) in [5.41, 5.74) is 2.64. The van der Waals surface area contributed by atoms with E-state index >= 15 is 0 Å². The normalized spacial score (nSPS) is 19.4. The molecule has 3 N–H and O–H groups in total. The summed E-state index contributed by atoms with van der Waals surface area (Å²) < 4.78 is 0. The van der Waals surface area contributed by atoms with Gasteiger partial charge in [-0.15, -0.1) is 0 Å². The number of nitrogens with one attached hydrogen (secondary N) is 3. The summed E-state index contributed by atoms with van der Waals surface area (Å²) >= 11 is 0. The molecule has 1 aliphatic carbocycles. The van der Waals surface area contributed by atoms with Gasteiger partial charge in [0.2, 0.25) is 0 Å². The fourth-order valence-corrected chi connectivity index (χ4v) is 4.18. The summed E-state index contributed by atoms with van der Waals surface area (Å²) in [5.74, 6) is 0.144. The number of nitrogens with zero attached hydrogens (tertiary/aromatic N) is 3. The number of benzene rings is 1. The molecule has 8 nitrogen and oxygen atoms in total. The van der Waals surface area contributed by atoms with Crippen LogP contribution in [0.1, 0.15) is 47.7 Å². The predicted molar refractivity (Wildman–Crippen MR) is 109 cm³/mol. The summed E-state index contributed by atoms with van der Waals surface area (Å²) in [5, 5.41) is 11.7. The summed E-state index contributed by atoms with van der Waals surface area (Å²) in [6.07, 6.45) is 6.68. The Hall–Kier alpha value is -3.55. The van der Waals surface area contributed by atoms with Crippen molar-refractivity contribution < 1.29 is 4.79 Å². The van der Waals surface area contributed by atoms with Crippen molar-refractivity contribution >= 4 is 27.8 Å². The number of carbonyl (C=O) groups excluding carboxylic acids is 1. The van der Waals surface area contributed by atoms with E-state index in [1.807, 2.05) is 24.3 Å². The van der Waals surface area contributed by atoms with E-state index in [1.165, 1.54) is 0 Å². The van der Waals surface area contributed by atoms with E-state index in [4.69, 9.17) is 0 Å². The smallest absolute Gasteiger partial charge is 0.272 e. The van der Waals surface area contributed by atoms with Crippen molar-refractivity contribution in [3.05, 3.63) is 64.5 Å². The Bertz CT molecular complexity index is 1250. The first kappa shape index (κ1) is 17.5. The summed E-state index contributed by atoms with van der Waals surface area (Å²) in [6, 6.07) is 9.44. The number of aromatic nitrogens is 5. The fraction of sp³-hybridized carbons (Fsp3) is 0.286. The number of fused-ring (bicyclic) bond motifs is 2. The zero-order chi connectivity index (χ0) is 19.8. The maximum absolute atomic E-state index is 12.6. The van der Waals surface area contributed by atoms with Crippen LogP contribution < -0.4 is 10.9 Å². The molecule has 1 aliphatic rings. The maximum atomic E-state index is 12.6. The molecule has 1 saturated carbocycles. The van der Waals surface area contributed by atoms with Crippen LogP contribution in [0, 0.1) is 0 Å². The molecule has 1 aromatic carbocycles. The van der Waals surface area contributed by atoms with Gasteiger partial charge in [0.1, 0.15) is 5.52 Å². The average Bonchev–Trinajstić information content (AvgIpc) is 3.23. The molecule has 0 unspecified atom stereocenters. The molecule has 5 rings (SSSR count). The molecule has 0 atom stereocenters. The molecular formula is C21H20N6O2. The van der Waals surface area contributed by atoms with E-state index in [9.17, 15) is 9.59 Å². The highest BCUT2D eigenvalue weighted by Gasteiger charge is 2.26. The van der Waals surface area contributed by atoms with E-state index in [2.05, 4.69) is 30.5 Å². The lowest BCUT2D eigenvalue weighted by Crippen LogP contribution is -2.37. The first-order valence-electron chi connectivity index (χ1n) is 9.76. The number of amides is 1. The number of imidazole rings is 1. The highest BCUT2D eigenvalue weighted by atomic mass is 16.1. The molecule has 0 saturated heterocycles. The first-order valence-corrected chi connectivity index (χ1v) is 9.76. The molecule has 8 heteroatoms. The SMILES string of the molecule is O=C(N[C@H]1CC[C@H](c2n[nH]c(=O)c3ccccc32)CC1)c1cnc2[nH]cnc2c1. The van der Waals surface area contributed by atoms with E-state index < -0.39 is 0 Å². The molecular weight excluding hydrogens is 368 g/mol. The van der Waals surface area contributed by atoms with Crippen LogP contribution in [-0.2, 0) is 0 Å². The van der Waals surface area contributed by atoms with E-state index in [-0.39, 0.29) is 23.4 Å². The van der Waals surface area contributed by atoms with Gasteiger partial charge in [-0.05, 0) is 37.8 Å². The Balaban J connectivity index is 1.28. The predicted octanol–water partition coefficient (Wildman–Crippen LogP) is 2.65. The van der Waals surface area contributed by atoms with Crippen LogP contribution in [-0.4, -0.2) is 37.1 Å². The minimum atomic E-state index is -0.159. The standard InChI is InChI=1S/C21H20N6O2/c28-20(13-9-17-19(22-10-13)24-11-23-17)25-14-7-5-12(6-8-14)18-15-3-1-2-4-16(15)21(29)27-26-18/h1-4,9-12,14H,5-8H2,(H,25,28)(H,27,29)(H,22,23,24)/t12-,14-. The number of H-pyrrole nitrogens is 2. The summed E-state index contributed by atoms with van der Waals surface area (Å²) in [6.45, 7) is 0. The second-order valence-corrected chi connectivity index (χ2v) is 7.50. The van der Waals surface area contributed by atoms with Crippen LogP contribution in [0.25, 0.3) is 21.9 Å². The van der Waals surface area contributed by atoms with E-state index in [0.29, 0.717) is 22.1 Å². The monoisotopic (exact) mass is 388 g/mol. The third kappa shape index (κ3) is 3.26. The van der Waals surface area contributed by atoms with Crippen molar-refractivity contribution in [1.82, 2.24) is 30.5 Å². The van der Waals surface area contributed by atoms with Crippen molar-refractivity contribution in [2.45, 2.75) is 37.6 Å². The van der Waals surface area contributed by atoms with Crippen molar-refractivity contribution in [3.8, 4) is 0 Å². The van der Waals surface area contributed by atoms with Gasteiger partial charge in [-0.3, -0.25) is 9.59 Å². The zero-order valence-corrected chi connectivity index (χ0v) is 15.7. The fourth-order valence-electron chi connectivity index (χ4n) is 4.18. The van der Waals surface area contributed by atoms with Crippen molar-refractivity contribution in [2.24, 2.45) is 0 Å². The van der Waals surface area contributed by atoms with Crippen LogP contribution >= 0.6 is 0 Å². The molecule has 4 aromatic rings. The van der Waals surface area contributed by atoms with Crippen LogP contribution in [0.15, 0.2) is 47.7 Å². The first-order chi connectivity index (χ1) is 14.2. The van der Waals surface area contributed by atoms with Gasteiger partial charge in [-0.2, -0.15) is 5.10 Å². The van der Waals surface area contributed by atoms with Crippen LogP contribution in [0.4, 0.5) is 0 Å². The number of hydrogen-bond acceptors (Lipinski definition) is 5. The third-order valence-corrected chi connectivity index (χ3v) is 5.71. The molecule has 0 aliphatic heterocycles. The van der Waals surface area contributed by atoms with Crippen molar-refractivity contribution in [1.29, 1.82) is 0 Å². The summed E-state index contributed by atoms with van der Waals surface area (Å²) in [4.78, 5) is 35.9. The van der Waals surface area contributed by atoms with E-state index in [1.54, 1.807) is 18.6 Å². The number of aromatic amines is 2. The van der Waals surface area contributed by atoms with Gasteiger partial charge in [-0.1, -0.05) is 18.2 Å². The molecule has 29 heavy (non-hydrogen) atoms. The maximum Gasteiger partial charge on any atom is 0.272 e. The second-order valence-electron chi connectivity index (χ2n) is 7.50. The third-order valence-electron chi connectivity index (χ3n) is 5.71. The van der Waals surface area contributed by atoms with Crippen LogP contribution in [0.3, 0.4) is 0 Å².